The van der Waals surface area contributed by atoms with Crippen molar-refractivity contribution in [1.29, 1.82) is 0 Å². The maximum Gasteiger partial charge on any atom is 0.230 e. The highest BCUT2D eigenvalue weighted by molar-refractivity contribution is 7.13. The molecule has 3 aromatic rings. The number of rotatable bonds is 9. The molecule has 7 heteroatoms. The predicted molar refractivity (Wildman–Crippen MR) is 113 cm³/mol. The summed E-state index contributed by atoms with van der Waals surface area (Å²) < 4.78 is 0. The van der Waals surface area contributed by atoms with Crippen molar-refractivity contribution in [1.82, 2.24) is 10.3 Å². The van der Waals surface area contributed by atoms with E-state index in [0.29, 0.717) is 23.9 Å². The Kier molecular flexibility index (Phi) is 7.13. The van der Waals surface area contributed by atoms with Crippen molar-refractivity contribution in [2.45, 2.75) is 18.9 Å². The van der Waals surface area contributed by atoms with E-state index in [1.807, 2.05) is 54.6 Å². The van der Waals surface area contributed by atoms with Crippen LogP contribution >= 0.6 is 11.3 Å². The number of hydrogen-bond acceptors (Lipinski definition) is 6. The van der Waals surface area contributed by atoms with Crippen LogP contribution < -0.4 is 16.4 Å². The number of nitrogens with one attached hydrogen (secondary N) is 2. The standard InChI is InChI=1S/C21H24N4O2S/c22-21-24-17(14-28-21)12-20(27)25-18-9-5-4-6-15(18)10-11-23-13-19(26)16-7-2-1-3-8-16/h1-9,14,19,23,26H,10-13H2,(H2,22,24)(H,25,27). The fourth-order valence-electron chi connectivity index (χ4n) is 2.88. The molecule has 5 N–H and O–H groups in total. The van der Waals surface area contributed by atoms with E-state index in [-0.39, 0.29) is 12.3 Å². The Morgan fingerprint density at radius 1 is 1.14 bits per heavy atom. The molecule has 0 saturated carbocycles. The molecule has 146 valence electrons. The van der Waals surface area contributed by atoms with Crippen molar-refractivity contribution in [2.75, 3.05) is 24.1 Å². The molecule has 2 aromatic carbocycles. The maximum absolute atomic E-state index is 12.3. The first-order valence-corrected chi connectivity index (χ1v) is 10.0. The van der Waals surface area contributed by atoms with Crippen LogP contribution in [0.5, 0.6) is 0 Å². The number of anilines is 2. The third-order valence-electron chi connectivity index (χ3n) is 4.30. The summed E-state index contributed by atoms with van der Waals surface area (Å²) in [5, 5.41) is 18.7. The topological polar surface area (TPSA) is 100 Å². The Morgan fingerprint density at radius 2 is 1.89 bits per heavy atom. The van der Waals surface area contributed by atoms with Crippen LogP contribution in [0.4, 0.5) is 10.8 Å². The first kappa shape index (κ1) is 20.0. The Labute approximate surface area is 168 Å². The average Bonchev–Trinajstić information content (AvgIpc) is 3.11. The predicted octanol–water partition coefficient (Wildman–Crippen LogP) is 2.77. The number of aliphatic hydroxyl groups excluding tert-OH is 1. The van der Waals surface area contributed by atoms with Gasteiger partial charge in [-0.15, -0.1) is 11.3 Å². The summed E-state index contributed by atoms with van der Waals surface area (Å²) in [6.45, 7) is 1.17. The minimum Gasteiger partial charge on any atom is -0.387 e. The molecule has 0 spiro atoms. The number of carbonyl (C=O) groups excluding carboxylic acids is 1. The molecule has 3 rings (SSSR count). The number of nitrogens with zero attached hydrogens (tertiary/aromatic N) is 1. The molecule has 0 aliphatic heterocycles. The second kappa shape index (κ2) is 9.98. The molecule has 0 aliphatic rings. The smallest absolute Gasteiger partial charge is 0.230 e. The number of nitrogen functional groups attached to an aromatic ring is 1. The van der Waals surface area contributed by atoms with Gasteiger partial charge in [-0.2, -0.15) is 0 Å². The zero-order chi connectivity index (χ0) is 19.8. The number of amides is 1. The highest BCUT2D eigenvalue weighted by Gasteiger charge is 2.10. The van der Waals surface area contributed by atoms with Gasteiger partial charge in [0.1, 0.15) is 0 Å². The first-order chi connectivity index (χ1) is 13.6. The molecular formula is C21H24N4O2S. The second-order valence-corrected chi connectivity index (χ2v) is 7.33. The molecule has 1 amide bonds. The molecule has 1 heterocycles. The van der Waals surface area contributed by atoms with Crippen LogP contribution in [0.3, 0.4) is 0 Å². The number of nitrogens with two attached hydrogens (primary N) is 1. The third-order valence-corrected chi connectivity index (χ3v) is 5.02. The van der Waals surface area contributed by atoms with Crippen LogP contribution in [-0.4, -0.2) is 29.1 Å². The van der Waals surface area contributed by atoms with E-state index in [1.54, 1.807) is 5.38 Å². The normalized spacial score (nSPS) is 11.9. The highest BCUT2D eigenvalue weighted by Crippen LogP contribution is 2.17. The largest absolute Gasteiger partial charge is 0.387 e. The summed E-state index contributed by atoms with van der Waals surface area (Å²) in [5.74, 6) is -0.120. The van der Waals surface area contributed by atoms with Crippen LogP contribution in [0.2, 0.25) is 0 Å². The molecule has 1 unspecified atom stereocenters. The number of benzene rings is 2. The van der Waals surface area contributed by atoms with Gasteiger partial charge in [-0.3, -0.25) is 4.79 Å². The van der Waals surface area contributed by atoms with Gasteiger partial charge in [0.05, 0.1) is 18.2 Å². The molecule has 0 saturated heterocycles. The molecule has 6 nitrogen and oxygen atoms in total. The Hall–Kier alpha value is -2.74. The van der Waals surface area contributed by atoms with Gasteiger partial charge >= 0.3 is 0 Å². The summed E-state index contributed by atoms with van der Waals surface area (Å²) in [5.41, 5.74) is 9.01. The molecule has 1 aromatic heterocycles. The van der Waals surface area contributed by atoms with Gasteiger partial charge in [0.25, 0.3) is 0 Å². The van der Waals surface area contributed by atoms with Crippen LogP contribution in [0, 0.1) is 0 Å². The maximum atomic E-state index is 12.3. The summed E-state index contributed by atoms with van der Waals surface area (Å²) in [4.78, 5) is 16.4. The van der Waals surface area contributed by atoms with Gasteiger partial charge in [0, 0.05) is 17.6 Å². The summed E-state index contributed by atoms with van der Waals surface area (Å²) in [6, 6.07) is 17.3. The van der Waals surface area contributed by atoms with Crippen LogP contribution in [0.15, 0.2) is 60.0 Å². The van der Waals surface area contributed by atoms with Gasteiger partial charge < -0.3 is 21.5 Å². The number of para-hydroxylation sites is 1. The monoisotopic (exact) mass is 396 g/mol. The summed E-state index contributed by atoms with van der Waals surface area (Å²) >= 11 is 1.33. The lowest BCUT2D eigenvalue weighted by Gasteiger charge is -2.14. The van der Waals surface area contributed by atoms with Crippen molar-refractivity contribution in [3.8, 4) is 0 Å². The lowest BCUT2D eigenvalue weighted by atomic mass is 10.1. The minimum absolute atomic E-state index is 0.120. The fourth-order valence-corrected chi connectivity index (χ4v) is 3.44. The van der Waals surface area contributed by atoms with E-state index in [1.165, 1.54) is 11.3 Å². The van der Waals surface area contributed by atoms with Crippen LogP contribution in [0.1, 0.15) is 22.9 Å². The fraction of sp³-hybridized carbons (Fsp3) is 0.238. The van der Waals surface area contributed by atoms with E-state index < -0.39 is 6.10 Å². The van der Waals surface area contributed by atoms with Crippen molar-refractivity contribution < 1.29 is 9.90 Å². The Morgan fingerprint density at radius 3 is 2.64 bits per heavy atom. The van der Waals surface area contributed by atoms with Gasteiger partial charge in [0.2, 0.25) is 5.91 Å². The van der Waals surface area contributed by atoms with Crippen molar-refractivity contribution in [3.63, 3.8) is 0 Å². The zero-order valence-electron chi connectivity index (χ0n) is 15.5. The zero-order valence-corrected chi connectivity index (χ0v) is 16.3. The lowest BCUT2D eigenvalue weighted by molar-refractivity contribution is -0.115. The quantitative estimate of drug-likeness (QED) is 0.417. The number of aromatic nitrogens is 1. The molecule has 28 heavy (non-hydrogen) atoms. The highest BCUT2D eigenvalue weighted by atomic mass is 32.1. The van der Waals surface area contributed by atoms with Crippen molar-refractivity contribution in [3.05, 3.63) is 76.8 Å². The summed E-state index contributed by atoms with van der Waals surface area (Å²) in [6.07, 6.45) is 0.396. The number of carbonyl (C=O) groups is 1. The SMILES string of the molecule is Nc1nc(CC(=O)Nc2ccccc2CCNCC(O)c2ccccc2)cs1. The van der Waals surface area contributed by atoms with Crippen molar-refractivity contribution >= 4 is 28.1 Å². The molecule has 0 bridgehead atoms. The minimum atomic E-state index is -0.540. The van der Waals surface area contributed by atoms with Gasteiger partial charge in [-0.1, -0.05) is 48.5 Å². The number of thiazole rings is 1. The Bertz CT molecular complexity index is 898. The van der Waals surface area contributed by atoms with Gasteiger partial charge in [-0.25, -0.2) is 4.98 Å². The van der Waals surface area contributed by atoms with E-state index in [9.17, 15) is 9.90 Å². The molecule has 0 radical (unpaired) electrons. The van der Waals surface area contributed by atoms with E-state index in [0.717, 1.165) is 23.2 Å². The Balaban J connectivity index is 1.49. The third kappa shape index (κ3) is 5.88. The van der Waals surface area contributed by atoms with E-state index >= 15 is 0 Å². The van der Waals surface area contributed by atoms with Crippen molar-refractivity contribution in [2.24, 2.45) is 0 Å². The average molecular weight is 397 g/mol. The van der Waals surface area contributed by atoms with Gasteiger partial charge in [0.15, 0.2) is 5.13 Å². The van der Waals surface area contributed by atoms with Crippen LogP contribution in [0.25, 0.3) is 0 Å². The molecule has 0 fully saturated rings. The number of aliphatic hydroxyl groups is 1. The van der Waals surface area contributed by atoms with Gasteiger partial charge in [-0.05, 0) is 30.2 Å². The second-order valence-electron chi connectivity index (χ2n) is 6.44. The number of hydrogen-bond donors (Lipinski definition) is 4. The van der Waals surface area contributed by atoms with E-state index in [2.05, 4.69) is 15.6 Å². The van der Waals surface area contributed by atoms with Crippen LogP contribution in [-0.2, 0) is 17.6 Å². The summed E-state index contributed by atoms with van der Waals surface area (Å²) in [7, 11) is 0. The molecule has 1 atom stereocenters. The molecule has 0 aliphatic carbocycles. The molecular weight excluding hydrogens is 372 g/mol. The van der Waals surface area contributed by atoms with E-state index in [4.69, 9.17) is 5.73 Å². The first-order valence-electron chi connectivity index (χ1n) is 9.13. The lowest BCUT2D eigenvalue weighted by Crippen LogP contribution is -2.24.